The summed E-state index contributed by atoms with van der Waals surface area (Å²) in [6, 6.07) is 6.51. The monoisotopic (exact) mass is 303 g/mol. The number of hydrogen-bond donors (Lipinski definition) is 0. The molecule has 0 atom stereocenters. The molecule has 1 aromatic rings. The molecule has 1 saturated heterocycles. The second-order valence-electron chi connectivity index (χ2n) is 6.75. The minimum Gasteiger partial charge on any atom is -0.343 e. The molecule has 2 rings (SSSR count). The quantitative estimate of drug-likeness (QED) is 0.810. The Bertz CT molecular complexity index is 453. The van der Waals surface area contributed by atoms with E-state index in [1.54, 1.807) is 0 Å². The van der Waals surface area contributed by atoms with Gasteiger partial charge in [-0.15, -0.1) is 0 Å². The van der Waals surface area contributed by atoms with Gasteiger partial charge in [0, 0.05) is 57.5 Å². The van der Waals surface area contributed by atoms with Gasteiger partial charge >= 0.3 is 0 Å². The standard InChI is InChI=1S/C18H29N3O/c1-15(2)14-18(22)20(3)17-8-12-21(13-9-17)11-7-16-6-4-5-10-19-16/h4-6,10,15,17H,7-9,11-14H2,1-3H3. The molecular formula is C18H29N3O. The molecule has 0 spiro atoms. The first-order chi connectivity index (χ1) is 10.6. The minimum absolute atomic E-state index is 0.293. The van der Waals surface area contributed by atoms with E-state index in [0.717, 1.165) is 44.6 Å². The van der Waals surface area contributed by atoms with Gasteiger partial charge in [0.25, 0.3) is 0 Å². The van der Waals surface area contributed by atoms with Crippen LogP contribution in [0.4, 0.5) is 0 Å². The Kier molecular flexibility index (Phi) is 6.37. The molecule has 0 radical (unpaired) electrons. The molecule has 4 nitrogen and oxygen atoms in total. The number of nitrogens with zero attached hydrogens (tertiary/aromatic N) is 3. The summed E-state index contributed by atoms with van der Waals surface area (Å²) in [5.74, 6) is 0.732. The van der Waals surface area contributed by atoms with Crippen molar-refractivity contribution in [1.29, 1.82) is 0 Å². The highest BCUT2D eigenvalue weighted by Crippen LogP contribution is 2.17. The second-order valence-corrected chi connectivity index (χ2v) is 6.75. The second kappa shape index (κ2) is 8.28. The third-order valence-electron chi connectivity index (χ3n) is 4.49. The highest BCUT2D eigenvalue weighted by molar-refractivity contribution is 5.76. The summed E-state index contributed by atoms with van der Waals surface area (Å²) >= 11 is 0. The zero-order valence-corrected chi connectivity index (χ0v) is 14.2. The molecule has 0 N–H and O–H groups in total. The third kappa shape index (κ3) is 5.09. The van der Waals surface area contributed by atoms with Gasteiger partial charge in [-0.25, -0.2) is 0 Å². The number of piperidine rings is 1. The lowest BCUT2D eigenvalue weighted by Gasteiger charge is -2.37. The third-order valence-corrected chi connectivity index (χ3v) is 4.49. The van der Waals surface area contributed by atoms with Crippen molar-refractivity contribution < 1.29 is 4.79 Å². The number of aromatic nitrogens is 1. The molecular weight excluding hydrogens is 274 g/mol. The van der Waals surface area contributed by atoms with E-state index >= 15 is 0 Å². The Morgan fingerprint density at radius 1 is 1.36 bits per heavy atom. The van der Waals surface area contributed by atoms with E-state index in [-0.39, 0.29) is 0 Å². The van der Waals surface area contributed by atoms with Gasteiger partial charge in [0.05, 0.1) is 0 Å². The molecule has 0 saturated carbocycles. The SMILES string of the molecule is CC(C)CC(=O)N(C)C1CCN(CCc2ccccn2)CC1. The van der Waals surface area contributed by atoms with Gasteiger partial charge < -0.3 is 9.80 Å². The first kappa shape index (κ1) is 16.9. The minimum atomic E-state index is 0.293. The van der Waals surface area contributed by atoms with Crippen molar-refractivity contribution in [3.05, 3.63) is 30.1 Å². The van der Waals surface area contributed by atoms with Crippen LogP contribution in [0, 0.1) is 5.92 Å². The van der Waals surface area contributed by atoms with Crippen LogP contribution in [0.5, 0.6) is 0 Å². The molecule has 4 heteroatoms. The zero-order chi connectivity index (χ0) is 15.9. The summed E-state index contributed by atoms with van der Waals surface area (Å²) in [6.07, 6.45) is 5.70. The number of carbonyl (C=O) groups excluding carboxylic acids is 1. The highest BCUT2D eigenvalue weighted by Gasteiger charge is 2.25. The maximum Gasteiger partial charge on any atom is 0.222 e. The summed E-state index contributed by atoms with van der Waals surface area (Å²) in [4.78, 5) is 21.0. The molecule has 1 aromatic heterocycles. The fourth-order valence-corrected chi connectivity index (χ4v) is 3.05. The Morgan fingerprint density at radius 3 is 2.68 bits per heavy atom. The number of likely N-dealkylation sites (tertiary alicyclic amines) is 1. The smallest absolute Gasteiger partial charge is 0.222 e. The van der Waals surface area contributed by atoms with Crippen molar-refractivity contribution in [3.63, 3.8) is 0 Å². The summed E-state index contributed by atoms with van der Waals surface area (Å²) in [5, 5.41) is 0. The molecule has 1 aliphatic rings. The number of amides is 1. The number of hydrogen-bond acceptors (Lipinski definition) is 3. The van der Waals surface area contributed by atoms with Gasteiger partial charge in [-0.2, -0.15) is 0 Å². The Hall–Kier alpha value is -1.42. The van der Waals surface area contributed by atoms with Crippen molar-refractivity contribution in [1.82, 2.24) is 14.8 Å². The highest BCUT2D eigenvalue weighted by atomic mass is 16.2. The van der Waals surface area contributed by atoms with Crippen molar-refractivity contribution in [2.24, 2.45) is 5.92 Å². The lowest BCUT2D eigenvalue weighted by molar-refractivity contribution is -0.133. The van der Waals surface area contributed by atoms with Crippen LogP contribution in [0.3, 0.4) is 0 Å². The van der Waals surface area contributed by atoms with Gasteiger partial charge in [0.1, 0.15) is 0 Å². The van der Waals surface area contributed by atoms with Gasteiger partial charge in [-0.05, 0) is 30.9 Å². The van der Waals surface area contributed by atoms with Crippen molar-refractivity contribution in [3.8, 4) is 0 Å². The van der Waals surface area contributed by atoms with Gasteiger partial charge in [-0.3, -0.25) is 9.78 Å². The molecule has 2 heterocycles. The first-order valence-corrected chi connectivity index (χ1v) is 8.44. The number of pyridine rings is 1. The molecule has 122 valence electrons. The fraction of sp³-hybridized carbons (Fsp3) is 0.667. The predicted molar refractivity (Wildman–Crippen MR) is 89.6 cm³/mol. The maximum absolute atomic E-state index is 12.1. The number of carbonyl (C=O) groups is 1. The van der Waals surface area contributed by atoms with Crippen LogP contribution in [-0.4, -0.2) is 53.4 Å². The lowest BCUT2D eigenvalue weighted by atomic mass is 10.0. The van der Waals surface area contributed by atoms with E-state index < -0.39 is 0 Å². The average molecular weight is 303 g/mol. The zero-order valence-electron chi connectivity index (χ0n) is 14.2. The van der Waals surface area contributed by atoms with Crippen LogP contribution in [0.15, 0.2) is 24.4 Å². The van der Waals surface area contributed by atoms with E-state index in [4.69, 9.17) is 0 Å². The Balaban J connectivity index is 1.72. The summed E-state index contributed by atoms with van der Waals surface area (Å²) < 4.78 is 0. The van der Waals surface area contributed by atoms with Crippen LogP contribution in [-0.2, 0) is 11.2 Å². The molecule has 0 aromatic carbocycles. The fourth-order valence-electron chi connectivity index (χ4n) is 3.05. The van der Waals surface area contributed by atoms with E-state index in [9.17, 15) is 4.79 Å². The normalized spacial score (nSPS) is 16.9. The predicted octanol–water partition coefficient (Wildman–Crippen LogP) is 2.59. The van der Waals surface area contributed by atoms with Gasteiger partial charge in [0.2, 0.25) is 5.91 Å². The van der Waals surface area contributed by atoms with E-state index in [2.05, 4.69) is 29.8 Å². The first-order valence-electron chi connectivity index (χ1n) is 8.44. The molecule has 1 amide bonds. The summed E-state index contributed by atoms with van der Waals surface area (Å²) in [5.41, 5.74) is 1.16. The largest absolute Gasteiger partial charge is 0.343 e. The van der Waals surface area contributed by atoms with Crippen LogP contribution in [0.1, 0.15) is 38.8 Å². The van der Waals surface area contributed by atoms with Gasteiger partial charge in [0.15, 0.2) is 0 Å². The number of rotatable bonds is 6. The topological polar surface area (TPSA) is 36.4 Å². The Morgan fingerprint density at radius 2 is 2.09 bits per heavy atom. The van der Waals surface area contributed by atoms with Crippen LogP contribution >= 0.6 is 0 Å². The lowest BCUT2D eigenvalue weighted by Crippen LogP contribution is -2.46. The van der Waals surface area contributed by atoms with Gasteiger partial charge in [-0.1, -0.05) is 19.9 Å². The summed E-state index contributed by atoms with van der Waals surface area (Å²) in [7, 11) is 1.97. The molecule has 0 aliphatic carbocycles. The van der Waals surface area contributed by atoms with E-state index in [0.29, 0.717) is 24.3 Å². The van der Waals surface area contributed by atoms with E-state index in [1.807, 2.05) is 30.3 Å². The van der Waals surface area contributed by atoms with Crippen molar-refractivity contribution >= 4 is 5.91 Å². The average Bonchev–Trinajstić information content (AvgIpc) is 2.53. The van der Waals surface area contributed by atoms with Crippen LogP contribution < -0.4 is 0 Å². The molecule has 0 bridgehead atoms. The van der Waals surface area contributed by atoms with Crippen molar-refractivity contribution in [2.45, 2.75) is 45.6 Å². The summed E-state index contributed by atoms with van der Waals surface area (Å²) in [6.45, 7) is 7.43. The molecule has 22 heavy (non-hydrogen) atoms. The van der Waals surface area contributed by atoms with Crippen molar-refractivity contribution in [2.75, 3.05) is 26.7 Å². The molecule has 1 fully saturated rings. The van der Waals surface area contributed by atoms with E-state index in [1.165, 1.54) is 0 Å². The molecule has 1 aliphatic heterocycles. The molecule has 0 unspecified atom stereocenters. The van der Waals surface area contributed by atoms with Crippen LogP contribution in [0.25, 0.3) is 0 Å². The van der Waals surface area contributed by atoms with Crippen LogP contribution in [0.2, 0.25) is 0 Å². The Labute approximate surface area is 134 Å². The maximum atomic E-state index is 12.1.